The maximum absolute atomic E-state index is 6.25. The van der Waals surface area contributed by atoms with E-state index in [1.165, 1.54) is 5.56 Å². The van der Waals surface area contributed by atoms with Crippen LogP contribution in [0.25, 0.3) is 0 Å². The van der Waals surface area contributed by atoms with Gasteiger partial charge in [0.2, 0.25) is 0 Å². The molecule has 0 bridgehead atoms. The minimum absolute atomic E-state index is 0.0936. The van der Waals surface area contributed by atoms with E-state index in [0.717, 1.165) is 17.7 Å². The van der Waals surface area contributed by atoms with Crippen LogP contribution in [0, 0.1) is 12.8 Å². The molecule has 2 N–H and O–H groups in total. The summed E-state index contributed by atoms with van der Waals surface area (Å²) < 4.78 is 6.13. The molecular formula is C14H21NO. The van der Waals surface area contributed by atoms with E-state index in [4.69, 9.17) is 10.5 Å². The predicted molar refractivity (Wildman–Crippen MR) is 66.6 cm³/mol. The van der Waals surface area contributed by atoms with E-state index >= 15 is 0 Å². The van der Waals surface area contributed by atoms with Gasteiger partial charge in [-0.2, -0.15) is 0 Å². The monoisotopic (exact) mass is 219 g/mol. The average Bonchev–Trinajstić information content (AvgIpc) is 2.19. The molecule has 0 aliphatic carbocycles. The zero-order valence-corrected chi connectivity index (χ0v) is 10.6. The normalized spacial score (nSPS) is 28.8. The summed E-state index contributed by atoms with van der Waals surface area (Å²) >= 11 is 0. The zero-order chi connectivity index (χ0) is 11.9. The third-order valence-electron chi connectivity index (χ3n) is 3.75. The van der Waals surface area contributed by atoms with E-state index in [9.17, 15) is 0 Å². The van der Waals surface area contributed by atoms with Gasteiger partial charge in [-0.3, -0.25) is 0 Å². The molecule has 0 aromatic heterocycles. The van der Waals surface area contributed by atoms with Crippen LogP contribution in [-0.2, 0) is 0 Å². The largest absolute Gasteiger partial charge is 0.487 e. The Morgan fingerprint density at radius 1 is 1.44 bits per heavy atom. The highest BCUT2D eigenvalue weighted by atomic mass is 16.5. The Morgan fingerprint density at radius 3 is 2.75 bits per heavy atom. The first-order valence-electron chi connectivity index (χ1n) is 5.97. The fourth-order valence-electron chi connectivity index (χ4n) is 2.24. The van der Waals surface area contributed by atoms with E-state index in [1.807, 2.05) is 6.07 Å². The number of aryl methyl sites for hydroxylation is 1. The fourth-order valence-corrected chi connectivity index (χ4v) is 2.24. The van der Waals surface area contributed by atoms with Crippen LogP contribution in [0.5, 0.6) is 5.75 Å². The van der Waals surface area contributed by atoms with Crippen LogP contribution in [0.15, 0.2) is 18.2 Å². The van der Waals surface area contributed by atoms with Crippen LogP contribution in [-0.4, -0.2) is 5.60 Å². The lowest BCUT2D eigenvalue weighted by Crippen LogP contribution is -2.44. The number of hydrogen-bond acceptors (Lipinski definition) is 2. The first kappa shape index (κ1) is 11.5. The van der Waals surface area contributed by atoms with Gasteiger partial charge < -0.3 is 10.5 Å². The summed E-state index contributed by atoms with van der Waals surface area (Å²) in [6.07, 6.45) is 0.890. The van der Waals surface area contributed by atoms with Crippen molar-refractivity contribution in [1.29, 1.82) is 0 Å². The highest BCUT2D eigenvalue weighted by molar-refractivity contribution is 5.41. The van der Waals surface area contributed by atoms with Gasteiger partial charge in [-0.05, 0) is 25.8 Å². The Labute approximate surface area is 97.8 Å². The van der Waals surface area contributed by atoms with Gasteiger partial charge in [-0.25, -0.2) is 0 Å². The number of rotatable bonds is 1. The second kappa shape index (κ2) is 3.77. The van der Waals surface area contributed by atoms with Crippen molar-refractivity contribution in [2.24, 2.45) is 11.7 Å². The molecule has 2 nitrogen and oxygen atoms in total. The Morgan fingerprint density at radius 2 is 2.12 bits per heavy atom. The molecule has 1 unspecified atom stereocenters. The molecule has 88 valence electrons. The van der Waals surface area contributed by atoms with Gasteiger partial charge in [0.15, 0.2) is 0 Å². The summed E-state index contributed by atoms with van der Waals surface area (Å²) in [4.78, 5) is 0. The third-order valence-corrected chi connectivity index (χ3v) is 3.75. The van der Waals surface area contributed by atoms with Crippen molar-refractivity contribution >= 4 is 0 Å². The maximum Gasteiger partial charge on any atom is 0.124 e. The van der Waals surface area contributed by atoms with Crippen molar-refractivity contribution in [2.45, 2.75) is 45.8 Å². The summed E-state index contributed by atoms with van der Waals surface area (Å²) in [6, 6.07) is 6.36. The van der Waals surface area contributed by atoms with Crippen LogP contribution in [0.4, 0.5) is 0 Å². The van der Waals surface area contributed by atoms with Crippen molar-refractivity contribution < 1.29 is 4.74 Å². The van der Waals surface area contributed by atoms with Crippen LogP contribution >= 0.6 is 0 Å². The number of fused-ring (bicyclic) bond motifs is 1. The molecular weight excluding hydrogens is 198 g/mol. The molecule has 2 heteroatoms. The van der Waals surface area contributed by atoms with Crippen molar-refractivity contribution in [2.75, 3.05) is 0 Å². The van der Waals surface area contributed by atoms with E-state index in [-0.39, 0.29) is 11.6 Å². The van der Waals surface area contributed by atoms with E-state index in [0.29, 0.717) is 5.92 Å². The van der Waals surface area contributed by atoms with Crippen LogP contribution in [0.2, 0.25) is 0 Å². The van der Waals surface area contributed by atoms with Gasteiger partial charge >= 0.3 is 0 Å². The summed E-state index contributed by atoms with van der Waals surface area (Å²) in [5.74, 6) is 1.42. The standard InChI is InChI=1S/C14H21NO/c1-9(2)14(4)8-12(15)11-7-10(3)5-6-13(11)16-14/h5-7,9,12H,8,15H2,1-4H3/t12-,14?/m1/s1. The first-order chi connectivity index (χ1) is 7.42. The fraction of sp³-hybridized carbons (Fsp3) is 0.571. The second-order valence-corrected chi connectivity index (χ2v) is 5.42. The molecule has 2 rings (SSSR count). The summed E-state index contributed by atoms with van der Waals surface area (Å²) in [7, 11) is 0. The van der Waals surface area contributed by atoms with Crippen LogP contribution in [0.3, 0.4) is 0 Å². The number of benzene rings is 1. The van der Waals surface area contributed by atoms with Crippen molar-refractivity contribution in [1.82, 2.24) is 0 Å². The smallest absolute Gasteiger partial charge is 0.124 e. The molecule has 0 saturated carbocycles. The van der Waals surface area contributed by atoms with Gasteiger partial charge in [0.25, 0.3) is 0 Å². The summed E-state index contributed by atoms with van der Waals surface area (Å²) in [6.45, 7) is 8.61. The van der Waals surface area contributed by atoms with Gasteiger partial charge in [-0.15, -0.1) is 0 Å². The Kier molecular flexibility index (Phi) is 2.70. The Balaban J connectivity index is 2.40. The van der Waals surface area contributed by atoms with E-state index in [1.54, 1.807) is 0 Å². The highest BCUT2D eigenvalue weighted by Crippen LogP contribution is 2.41. The SMILES string of the molecule is Cc1ccc2c(c1)[C@H](N)CC(C)(C(C)C)O2. The van der Waals surface area contributed by atoms with Gasteiger partial charge in [0.1, 0.15) is 11.4 Å². The van der Waals surface area contributed by atoms with Gasteiger partial charge in [-0.1, -0.05) is 31.5 Å². The zero-order valence-electron chi connectivity index (χ0n) is 10.6. The molecule has 1 aromatic rings. The third kappa shape index (κ3) is 1.82. The Bertz CT molecular complexity index is 400. The van der Waals surface area contributed by atoms with E-state index in [2.05, 4.69) is 39.8 Å². The molecule has 1 aliphatic heterocycles. The van der Waals surface area contributed by atoms with Gasteiger partial charge in [0, 0.05) is 18.0 Å². The minimum atomic E-state index is -0.137. The molecule has 1 heterocycles. The lowest BCUT2D eigenvalue weighted by molar-refractivity contribution is 0.0108. The molecule has 0 amide bonds. The summed E-state index contributed by atoms with van der Waals surface area (Å²) in [5, 5.41) is 0. The van der Waals surface area contributed by atoms with Crippen molar-refractivity contribution in [3.8, 4) is 5.75 Å². The highest BCUT2D eigenvalue weighted by Gasteiger charge is 2.38. The molecule has 16 heavy (non-hydrogen) atoms. The maximum atomic E-state index is 6.25. The van der Waals surface area contributed by atoms with Crippen molar-refractivity contribution in [3.05, 3.63) is 29.3 Å². The molecule has 1 aliphatic rings. The van der Waals surface area contributed by atoms with Gasteiger partial charge in [0.05, 0.1) is 0 Å². The molecule has 1 aromatic carbocycles. The van der Waals surface area contributed by atoms with E-state index < -0.39 is 0 Å². The average molecular weight is 219 g/mol. The minimum Gasteiger partial charge on any atom is -0.487 e. The number of ether oxygens (including phenoxy) is 1. The summed E-state index contributed by atoms with van der Waals surface area (Å²) in [5.41, 5.74) is 8.50. The second-order valence-electron chi connectivity index (χ2n) is 5.42. The molecule has 0 spiro atoms. The topological polar surface area (TPSA) is 35.2 Å². The van der Waals surface area contributed by atoms with Crippen LogP contribution in [0.1, 0.15) is 44.4 Å². The molecule has 0 radical (unpaired) electrons. The first-order valence-corrected chi connectivity index (χ1v) is 5.97. The lowest BCUT2D eigenvalue weighted by Gasteiger charge is -2.41. The molecule has 0 saturated heterocycles. The Hall–Kier alpha value is -1.02. The quantitative estimate of drug-likeness (QED) is 0.787. The number of nitrogens with two attached hydrogens (primary N) is 1. The molecule has 2 atom stereocenters. The predicted octanol–water partition coefficient (Wildman–Crippen LogP) is 3.19. The van der Waals surface area contributed by atoms with Crippen molar-refractivity contribution in [3.63, 3.8) is 0 Å². The lowest BCUT2D eigenvalue weighted by atomic mass is 9.81. The number of hydrogen-bond donors (Lipinski definition) is 1. The molecule has 0 fully saturated rings. The van der Waals surface area contributed by atoms with Crippen LogP contribution < -0.4 is 10.5 Å².